The Bertz CT molecular complexity index is 766. The molecule has 1 aromatic carbocycles. The maximum absolute atomic E-state index is 13.8. The highest BCUT2D eigenvalue weighted by molar-refractivity contribution is 6.03. The summed E-state index contributed by atoms with van der Waals surface area (Å²) >= 11 is 0. The number of hydrogen-bond donors (Lipinski definition) is 2. The number of nitrogens with zero attached hydrogens (tertiary/aromatic N) is 2. The molecule has 6 nitrogen and oxygen atoms in total. The Kier molecular flexibility index (Phi) is 5.33. The lowest BCUT2D eigenvalue weighted by molar-refractivity contribution is 0.0696. The Balaban J connectivity index is 2.26. The normalized spacial score (nSPS) is 10.9. The number of anilines is 1. The minimum Gasteiger partial charge on any atom is -0.478 e. The fraction of sp³-hybridized carbons (Fsp3) is 0.353. The average molecular weight is 333 g/mol. The number of rotatable bonds is 6. The summed E-state index contributed by atoms with van der Waals surface area (Å²) < 4.78 is 15.6. The van der Waals surface area contributed by atoms with Gasteiger partial charge in [0.25, 0.3) is 5.91 Å². The third kappa shape index (κ3) is 3.61. The van der Waals surface area contributed by atoms with Crippen LogP contribution < -0.4 is 5.32 Å². The van der Waals surface area contributed by atoms with E-state index in [1.165, 1.54) is 0 Å². The highest BCUT2D eigenvalue weighted by atomic mass is 19.1. The van der Waals surface area contributed by atoms with Gasteiger partial charge in [0.1, 0.15) is 5.82 Å². The number of aryl methyl sites for hydroxylation is 1. The highest BCUT2D eigenvalue weighted by Crippen LogP contribution is 2.20. The number of aromatic nitrogens is 2. The topological polar surface area (TPSA) is 84.2 Å². The molecule has 0 aliphatic carbocycles. The van der Waals surface area contributed by atoms with E-state index in [1.54, 1.807) is 10.7 Å². The number of amides is 1. The van der Waals surface area contributed by atoms with Crippen molar-refractivity contribution in [3.8, 4) is 0 Å². The third-order valence-electron chi connectivity index (χ3n) is 3.90. The van der Waals surface area contributed by atoms with Crippen LogP contribution in [0.15, 0.2) is 24.3 Å². The van der Waals surface area contributed by atoms with E-state index in [2.05, 4.69) is 10.4 Å². The monoisotopic (exact) mass is 333 g/mol. The van der Waals surface area contributed by atoms with Gasteiger partial charge in [-0.3, -0.25) is 9.48 Å². The van der Waals surface area contributed by atoms with Gasteiger partial charge >= 0.3 is 5.97 Å². The smallest absolute Gasteiger partial charge is 0.335 e. The molecule has 0 saturated carbocycles. The number of carboxylic acids is 1. The number of carbonyl (C=O) groups excluding carboxylic acids is 1. The molecular formula is C17H20FN3O3. The van der Waals surface area contributed by atoms with Crippen molar-refractivity contribution >= 4 is 17.6 Å². The van der Waals surface area contributed by atoms with Crippen molar-refractivity contribution in [2.75, 3.05) is 5.32 Å². The SMILES string of the molecule is CCC(CC)n1nc(C(=O)Nc2cc(C(=O)O)ccc2F)cc1C. The van der Waals surface area contributed by atoms with Crippen LogP contribution >= 0.6 is 0 Å². The standard InChI is InChI=1S/C17H20FN3O3/c1-4-12(5-2)21-10(3)8-15(20-21)16(22)19-14-9-11(17(23)24)6-7-13(14)18/h6-9,12H,4-5H2,1-3H3,(H,19,22)(H,23,24). The van der Waals surface area contributed by atoms with E-state index in [4.69, 9.17) is 5.11 Å². The van der Waals surface area contributed by atoms with Crippen molar-refractivity contribution in [3.05, 3.63) is 47.0 Å². The molecule has 0 unspecified atom stereocenters. The molecule has 0 saturated heterocycles. The molecule has 7 heteroatoms. The van der Waals surface area contributed by atoms with E-state index >= 15 is 0 Å². The summed E-state index contributed by atoms with van der Waals surface area (Å²) in [6.45, 7) is 5.94. The highest BCUT2D eigenvalue weighted by Gasteiger charge is 2.18. The van der Waals surface area contributed by atoms with E-state index in [1.807, 2.05) is 20.8 Å². The minimum absolute atomic E-state index is 0.106. The number of halogens is 1. The van der Waals surface area contributed by atoms with Crippen LogP contribution in [-0.2, 0) is 0 Å². The van der Waals surface area contributed by atoms with E-state index < -0.39 is 17.7 Å². The molecule has 1 amide bonds. The Morgan fingerprint density at radius 1 is 1.29 bits per heavy atom. The summed E-state index contributed by atoms with van der Waals surface area (Å²) in [6, 6.07) is 5.05. The summed E-state index contributed by atoms with van der Waals surface area (Å²) in [5.74, 6) is -2.48. The molecule has 0 aliphatic heterocycles. The zero-order valence-electron chi connectivity index (χ0n) is 13.8. The maximum Gasteiger partial charge on any atom is 0.335 e. The molecule has 24 heavy (non-hydrogen) atoms. The van der Waals surface area contributed by atoms with Crippen LogP contribution in [-0.4, -0.2) is 26.8 Å². The summed E-state index contributed by atoms with van der Waals surface area (Å²) in [4.78, 5) is 23.3. The van der Waals surface area contributed by atoms with Crippen LogP contribution in [0.4, 0.5) is 10.1 Å². The predicted octanol–water partition coefficient (Wildman–Crippen LogP) is 3.64. The molecule has 0 aliphatic rings. The summed E-state index contributed by atoms with van der Waals surface area (Å²) in [5.41, 5.74) is 0.716. The number of carboxylic acid groups (broad SMARTS) is 1. The Hall–Kier alpha value is -2.70. The van der Waals surface area contributed by atoms with E-state index in [0.717, 1.165) is 36.7 Å². The van der Waals surface area contributed by atoms with Gasteiger partial charge in [0, 0.05) is 5.69 Å². The molecule has 1 heterocycles. The molecular weight excluding hydrogens is 313 g/mol. The van der Waals surface area contributed by atoms with Crippen LogP contribution in [0.3, 0.4) is 0 Å². The van der Waals surface area contributed by atoms with Crippen molar-refractivity contribution in [1.29, 1.82) is 0 Å². The number of benzene rings is 1. The molecule has 2 aromatic rings. The van der Waals surface area contributed by atoms with Gasteiger partial charge in [-0.25, -0.2) is 9.18 Å². The van der Waals surface area contributed by atoms with E-state index in [-0.39, 0.29) is 23.0 Å². The summed E-state index contributed by atoms with van der Waals surface area (Å²) in [6.07, 6.45) is 1.77. The molecule has 0 radical (unpaired) electrons. The van der Waals surface area contributed by atoms with Gasteiger partial charge in [-0.2, -0.15) is 5.10 Å². The Labute approximate surface area is 139 Å². The zero-order valence-corrected chi connectivity index (χ0v) is 13.8. The van der Waals surface area contributed by atoms with Crippen molar-refractivity contribution in [2.45, 2.75) is 39.7 Å². The fourth-order valence-corrected chi connectivity index (χ4v) is 2.54. The van der Waals surface area contributed by atoms with Gasteiger partial charge in [-0.15, -0.1) is 0 Å². The first kappa shape index (κ1) is 17.7. The lowest BCUT2D eigenvalue weighted by Crippen LogP contribution is -2.16. The molecule has 1 aromatic heterocycles. The third-order valence-corrected chi connectivity index (χ3v) is 3.90. The van der Waals surface area contributed by atoms with Crippen molar-refractivity contribution in [3.63, 3.8) is 0 Å². The zero-order chi connectivity index (χ0) is 17.9. The molecule has 128 valence electrons. The van der Waals surface area contributed by atoms with Gasteiger partial charge in [0.2, 0.25) is 0 Å². The van der Waals surface area contributed by atoms with Crippen molar-refractivity contribution in [2.24, 2.45) is 0 Å². The first-order valence-electron chi connectivity index (χ1n) is 7.77. The van der Waals surface area contributed by atoms with Gasteiger partial charge < -0.3 is 10.4 Å². The number of hydrogen-bond acceptors (Lipinski definition) is 3. The van der Waals surface area contributed by atoms with E-state index in [9.17, 15) is 14.0 Å². The lowest BCUT2D eigenvalue weighted by atomic mass is 10.2. The van der Waals surface area contributed by atoms with Crippen LogP contribution in [0.1, 0.15) is 59.3 Å². The second-order valence-corrected chi connectivity index (χ2v) is 5.54. The van der Waals surface area contributed by atoms with Crippen LogP contribution in [0.25, 0.3) is 0 Å². The molecule has 0 spiro atoms. The Morgan fingerprint density at radius 3 is 2.54 bits per heavy atom. The predicted molar refractivity (Wildman–Crippen MR) is 87.9 cm³/mol. The maximum atomic E-state index is 13.8. The molecule has 0 atom stereocenters. The van der Waals surface area contributed by atoms with Crippen LogP contribution in [0.5, 0.6) is 0 Å². The minimum atomic E-state index is -1.20. The number of aromatic carboxylic acids is 1. The quantitative estimate of drug-likeness (QED) is 0.845. The first-order valence-corrected chi connectivity index (χ1v) is 7.77. The van der Waals surface area contributed by atoms with Gasteiger partial charge in [-0.1, -0.05) is 13.8 Å². The van der Waals surface area contributed by atoms with Crippen molar-refractivity contribution < 1.29 is 19.1 Å². The largest absolute Gasteiger partial charge is 0.478 e. The van der Waals surface area contributed by atoms with Crippen molar-refractivity contribution in [1.82, 2.24) is 9.78 Å². The fourth-order valence-electron chi connectivity index (χ4n) is 2.54. The lowest BCUT2D eigenvalue weighted by Gasteiger charge is -2.14. The van der Waals surface area contributed by atoms with E-state index in [0.29, 0.717) is 0 Å². The average Bonchev–Trinajstić information content (AvgIpc) is 2.92. The van der Waals surface area contributed by atoms with Crippen LogP contribution in [0.2, 0.25) is 0 Å². The Morgan fingerprint density at radius 2 is 1.96 bits per heavy atom. The summed E-state index contributed by atoms with van der Waals surface area (Å²) in [7, 11) is 0. The first-order chi connectivity index (χ1) is 11.4. The van der Waals surface area contributed by atoms with Gasteiger partial charge in [0.05, 0.1) is 17.3 Å². The molecule has 2 rings (SSSR count). The second-order valence-electron chi connectivity index (χ2n) is 5.54. The van der Waals surface area contributed by atoms with Gasteiger partial charge in [0.15, 0.2) is 5.69 Å². The van der Waals surface area contributed by atoms with Gasteiger partial charge in [-0.05, 0) is 44.0 Å². The molecule has 2 N–H and O–H groups in total. The van der Waals surface area contributed by atoms with Crippen LogP contribution in [0, 0.1) is 12.7 Å². The number of carbonyl (C=O) groups is 2. The summed E-state index contributed by atoms with van der Waals surface area (Å²) in [5, 5.41) is 15.6. The number of nitrogens with one attached hydrogen (secondary N) is 1. The second kappa shape index (κ2) is 7.25. The molecule has 0 bridgehead atoms. The molecule has 0 fully saturated rings.